The van der Waals surface area contributed by atoms with E-state index < -0.39 is 0 Å². The zero-order valence-corrected chi connectivity index (χ0v) is 14.1. The molecule has 2 aromatic carbocycles. The number of aryl methyl sites for hydroxylation is 1. The van der Waals surface area contributed by atoms with E-state index in [1.54, 1.807) is 0 Å². The van der Waals surface area contributed by atoms with Gasteiger partial charge < -0.3 is 15.2 Å². The van der Waals surface area contributed by atoms with Crippen LogP contribution in [0.5, 0.6) is 0 Å². The van der Waals surface area contributed by atoms with Crippen molar-refractivity contribution in [1.29, 1.82) is 0 Å². The van der Waals surface area contributed by atoms with Crippen LogP contribution in [0.15, 0.2) is 58.5 Å². The van der Waals surface area contributed by atoms with Gasteiger partial charge in [-0.25, -0.2) is 0 Å². The van der Waals surface area contributed by atoms with E-state index >= 15 is 0 Å². The van der Waals surface area contributed by atoms with Crippen molar-refractivity contribution >= 4 is 28.4 Å². The minimum atomic E-state index is 1.06. The van der Waals surface area contributed by atoms with Crippen molar-refractivity contribution in [1.82, 2.24) is 10.3 Å². The summed E-state index contributed by atoms with van der Waals surface area (Å²) in [5.74, 6) is 0. The largest absolute Gasteiger partial charge is 0.368 e. The summed E-state index contributed by atoms with van der Waals surface area (Å²) in [5.41, 5.74) is 3.89. The number of aromatic nitrogens is 1. The Morgan fingerprint density at radius 3 is 2.65 bits per heavy atom. The Bertz CT molecular complexity index is 818. The maximum atomic E-state index is 3.43. The van der Waals surface area contributed by atoms with Crippen molar-refractivity contribution in [2.45, 2.75) is 16.7 Å². The molecule has 0 atom stereocenters. The Morgan fingerprint density at radius 2 is 1.78 bits per heavy atom. The van der Waals surface area contributed by atoms with Gasteiger partial charge in [0.05, 0.1) is 5.69 Å². The molecule has 0 saturated carbocycles. The van der Waals surface area contributed by atoms with Gasteiger partial charge >= 0.3 is 0 Å². The molecule has 4 rings (SSSR count). The van der Waals surface area contributed by atoms with E-state index in [2.05, 4.69) is 70.8 Å². The summed E-state index contributed by atoms with van der Waals surface area (Å²) in [5, 5.41) is 4.74. The molecule has 4 heteroatoms. The molecule has 23 heavy (non-hydrogen) atoms. The Hall–Kier alpha value is -1.91. The van der Waals surface area contributed by atoms with E-state index in [4.69, 9.17) is 0 Å². The number of H-pyrrole nitrogens is 1. The van der Waals surface area contributed by atoms with Crippen LogP contribution in [-0.2, 0) is 0 Å². The van der Waals surface area contributed by atoms with Gasteiger partial charge in [-0.2, -0.15) is 0 Å². The Labute approximate surface area is 141 Å². The second-order valence-electron chi connectivity index (χ2n) is 5.96. The number of hydrogen-bond acceptors (Lipinski definition) is 3. The number of rotatable bonds is 3. The van der Waals surface area contributed by atoms with Gasteiger partial charge in [0.1, 0.15) is 0 Å². The Kier molecular flexibility index (Phi) is 4.02. The molecule has 2 N–H and O–H groups in total. The third-order valence-corrected chi connectivity index (χ3v) is 5.55. The minimum Gasteiger partial charge on any atom is -0.368 e. The third kappa shape index (κ3) is 2.84. The van der Waals surface area contributed by atoms with E-state index in [9.17, 15) is 0 Å². The van der Waals surface area contributed by atoms with Gasteiger partial charge in [0, 0.05) is 53.1 Å². The van der Waals surface area contributed by atoms with Crippen LogP contribution in [0, 0.1) is 6.92 Å². The molecule has 1 aliphatic rings. The first-order valence-electron chi connectivity index (χ1n) is 8.12. The van der Waals surface area contributed by atoms with E-state index in [0.29, 0.717) is 0 Å². The van der Waals surface area contributed by atoms with Crippen molar-refractivity contribution in [3.63, 3.8) is 0 Å². The molecule has 0 radical (unpaired) electrons. The maximum absolute atomic E-state index is 3.43. The number of hydrogen-bond donors (Lipinski definition) is 2. The quantitative estimate of drug-likeness (QED) is 0.763. The molecule has 1 saturated heterocycles. The van der Waals surface area contributed by atoms with Crippen LogP contribution in [0.25, 0.3) is 10.9 Å². The number of nitrogens with zero attached hydrogens (tertiary/aromatic N) is 1. The normalized spacial score (nSPS) is 15.3. The fourth-order valence-electron chi connectivity index (χ4n) is 3.19. The first kappa shape index (κ1) is 14.7. The third-order valence-electron chi connectivity index (χ3n) is 4.43. The highest BCUT2D eigenvalue weighted by Gasteiger charge is 2.15. The first-order chi connectivity index (χ1) is 11.3. The van der Waals surface area contributed by atoms with Gasteiger partial charge in [-0.15, -0.1) is 0 Å². The molecule has 3 aromatic rings. The lowest BCUT2D eigenvalue weighted by Gasteiger charge is -2.30. The van der Waals surface area contributed by atoms with E-state index in [0.717, 1.165) is 26.2 Å². The molecule has 0 spiro atoms. The maximum Gasteiger partial charge on any atom is 0.0508 e. The molecule has 0 aliphatic carbocycles. The lowest BCUT2D eigenvalue weighted by atomic mass is 10.2. The molecule has 3 nitrogen and oxygen atoms in total. The molecule has 0 unspecified atom stereocenters. The molecule has 1 fully saturated rings. The summed E-state index contributed by atoms with van der Waals surface area (Å²) < 4.78 is 0. The molecule has 118 valence electrons. The second-order valence-corrected chi connectivity index (χ2v) is 7.04. The number of benzene rings is 2. The van der Waals surface area contributed by atoms with Crippen LogP contribution in [-0.4, -0.2) is 31.2 Å². The van der Waals surface area contributed by atoms with Gasteiger partial charge in [0.25, 0.3) is 0 Å². The van der Waals surface area contributed by atoms with E-state index in [-0.39, 0.29) is 0 Å². The number of para-hydroxylation sites is 2. The lowest BCUT2D eigenvalue weighted by molar-refractivity contribution is 0.587. The summed E-state index contributed by atoms with van der Waals surface area (Å²) in [6.07, 6.45) is 2.14. The van der Waals surface area contributed by atoms with Gasteiger partial charge in [-0.3, -0.25) is 0 Å². The Balaban J connectivity index is 1.69. The van der Waals surface area contributed by atoms with Crippen molar-refractivity contribution in [3.05, 3.63) is 54.2 Å². The zero-order chi connectivity index (χ0) is 15.6. The van der Waals surface area contributed by atoms with Gasteiger partial charge in [0.2, 0.25) is 0 Å². The zero-order valence-electron chi connectivity index (χ0n) is 13.3. The highest BCUT2D eigenvalue weighted by Crippen LogP contribution is 2.39. The van der Waals surface area contributed by atoms with Crippen LogP contribution < -0.4 is 10.2 Å². The number of anilines is 1. The number of piperazine rings is 1. The van der Waals surface area contributed by atoms with E-state index in [1.165, 1.54) is 31.9 Å². The van der Waals surface area contributed by atoms with Crippen molar-refractivity contribution in [2.24, 2.45) is 0 Å². The standard InChI is InChI=1S/C19H21N3S/c1-14-5-4-6-15-18(13-21-19(14)15)23-17-8-3-2-7-16(17)22-11-9-20-10-12-22/h2-8,13,20-21H,9-12H2,1H3. The van der Waals surface area contributed by atoms with Crippen LogP contribution in [0.2, 0.25) is 0 Å². The molecular weight excluding hydrogens is 302 g/mol. The van der Waals surface area contributed by atoms with Crippen LogP contribution >= 0.6 is 11.8 Å². The summed E-state index contributed by atoms with van der Waals surface area (Å²) in [4.78, 5) is 8.54. The fraction of sp³-hybridized carbons (Fsp3) is 0.263. The molecule has 0 amide bonds. The average molecular weight is 323 g/mol. The molecule has 2 heterocycles. The van der Waals surface area contributed by atoms with Crippen molar-refractivity contribution in [3.8, 4) is 0 Å². The van der Waals surface area contributed by atoms with Crippen LogP contribution in [0.4, 0.5) is 5.69 Å². The predicted molar refractivity (Wildman–Crippen MR) is 98.7 cm³/mol. The molecule has 1 aromatic heterocycles. The Morgan fingerprint density at radius 1 is 0.957 bits per heavy atom. The van der Waals surface area contributed by atoms with Gasteiger partial charge in [-0.1, -0.05) is 42.1 Å². The van der Waals surface area contributed by atoms with Crippen LogP contribution in [0.1, 0.15) is 5.56 Å². The SMILES string of the molecule is Cc1cccc2c(Sc3ccccc3N3CCNCC3)c[nH]c12. The summed E-state index contributed by atoms with van der Waals surface area (Å²) in [6.45, 7) is 6.42. The molecule has 0 bridgehead atoms. The highest BCUT2D eigenvalue weighted by molar-refractivity contribution is 7.99. The molecular formula is C19H21N3S. The minimum absolute atomic E-state index is 1.06. The van der Waals surface area contributed by atoms with Crippen molar-refractivity contribution in [2.75, 3.05) is 31.1 Å². The summed E-state index contributed by atoms with van der Waals surface area (Å²) in [6, 6.07) is 15.2. The summed E-state index contributed by atoms with van der Waals surface area (Å²) in [7, 11) is 0. The van der Waals surface area contributed by atoms with E-state index in [1.807, 2.05) is 11.8 Å². The monoisotopic (exact) mass is 323 g/mol. The molecule has 1 aliphatic heterocycles. The fourth-order valence-corrected chi connectivity index (χ4v) is 4.28. The number of fused-ring (bicyclic) bond motifs is 1. The van der Waals surface area contributed by atoms with Crippen LogP contribution in [0.3, 0.4) is 0 Å². The lowest BCUT2D eigenvalue weighted by Crippen LogP contribution is -2.43. The topological polar surface area (TPSA) is 31.1 Å². The smallest absolute Gasteiger partial charge is 0.0508 e. The number of nitrogens with one attached hydrogen (secondary N) is 2. The number of aromatic amines is 1. The average Bonchev–Trinajstić information content (AvgIpc) is 3.01. The first-order valence-corrected chi connectivity index (χ1v) is 8.94. The van der Waals surface area contributed by atoms with Gasteiger partial charge in [0.15, 0.2) is 0 Å². The van der Waals surface area contributed by atoms with Gasteiger partial charge in [-0.05, 0) is 24.6 Å². The predicted octanol–water partition coefficient (Wildman–Crippen LogP) is 4.04. The summed E-state index contributed by atoms with van der Waals surface area (Å²) >= 11 is 1.86. The van der Waals surface area contributed by atoms with Crippen molar-refractivity contribution < 1.29 is 0 Å². The highest BCUT2D eigenvalue weighted by atomic mass is 32.2. The second kappa shape index (κ2) is 6.30.